The Hall–Kier alpha value is -0.960. The highest BCUT2D eigenvalue weighted by molar-refractivity contribution is 5.30. The maximum atomic E-state index is 14.4. The highest BCUT2D eigenvalue weighted by Crippen LogP contribution is 2.60. The molecule has 116 valence electrons. The van der Waals surface area contributed by atoms with Crippen LogP contribution in [0.4, 0.5) is 8.78 Å². The van der Waals surface area contributed by atoms with Crippen LogP contribution in [-0.4, -0.2) is 6.54 Å². The Labute approximate surface area is 126 Å². The summed E-state index contributed by atoms with van der Waals surface area (Å²) in [6.45, 7) is 4.58. The summed E-state index contributed by atoms with van der Waals surface area (Å²) in [6, 6.07) is 2.74. The topological polar surface area (TPSA) is 12.0 Å². The van der Waals surface area contributed by atoms with Gasteiger partial charge in [-0.05, 0) is 68.2 Å². The maximum Gasteiger partial charge on any atom is 0.128 e. The zero-order valence-electron chi connectivity index (χ0n) is 13.0. The molecule has 0 aliphatic heterocycles. The molecule has 0 spiro atoms. The van der Waals surface area contributed by atoms with Gasteiger partial charge >= 0.3 is 0 Å². The van der Waals surface area contributed by atoms with Gasteiger partial charge in [0.25, 0.3) is 0 Å². The highest BCUT2D eigenvalue weighted by atomic mass is 19.1. The van der Waals surface area contributed by atoms with Gasteiger partial charge in [0.1, 0.15) is 11.6 Å². The van der Waals surface area contributed by atoms with Gasteiger partial charge in [-0.3, -0.25) is 0 Å². The molecular formula is C18H25F2N. The third-order valence-corrected chi connectivity index (χ3v) is 5.33. The van der Waals surface area contributed by atoms with E-state index in [1.807, 2.05) is 0 Å². The van der Waals surface area contributed by atoms with E-state index in [1.165, 1.54) is 37.8 Å². The number of fused-ring (bicyclic) bond motifs is 1. The van der Waals surface area contributed by atoms with Crippen molar-refractivity contribution in [2.24, 2.45) is 17.8 Å². The highest BCUT2D eigenvalue weighted by Gasteiger charge is 2.54. The lowest BCUT2D eigenvalue weighted by molar-refractivity contribution is 0.424. The molecule has 0 bridgehead atoms. The molecule has 3 atom stereocenters. The summed E-state index contributed by atoms with van der Waals surface area (Å²) in [6.07, 6.45) is 6.12. The fourth-order valence-electron chi connectivity index (χ4n) is 4.20. The molecule has 2 aliphatic rings. The number of hydrogen-bond donors (Lipinski definition) is 1. The Bertz CT molecular complexity index is 502. The first kappa shape index (κ1) is 15.0. The van der Waals surface area contributed by atoms with Gasteiger partial charge in [-0.2, -0.15) is 0 Å². The van der Waals surface area contributed by atoms with E-state index in [4.69, 9.17) is 0 Å². The van der Waals surface area contributed by atoms with Gasteiger partial charge in [0.05, 0.1) is 0 Å². The van der Waals surface area contributed by atoms with E-state index in [1.54, 1.807) is 6.92 Å². The second-order valence-corrected chi connectivity index (χ2v) is 6.74. The molecule has 1 aromatic carbocycles. The number of halogens is 2. The third kappa shape index (κ3) is 2.85. The smallest absolute Gasteiger partial charge is 0.128 e. The first-order valence-electron chi connectivity index (χ1n) is 8.32. The van der Waals surface area contributed by atoms with E-state index in [0.29, 0.717) is 17.0 Å². The number of hydrogen-bond acceptors (Lipinski definition) is 1. The van der Waals surface area contributed by atoms with Crippen LogP contribution in [0.5, 0.6) is 0 Å². The lowest BCUT2D eigenvalue weighted by atomic mass is 9.97. The minimum atomic E-state index is -0.293. The second kappa shape index (κ2) is 6.04. The predicted molar refractivity (Wildman–Crippen MR) is 81.1 cm³/mol. The summed E-state index contributed by atoms with van der Waals surface area (Å²) >= 11 is 0. The van der Waals surface area contributed by atoms with E-state index in [2.05, 4.69) is 12.2 Å². The van der Waals surface area contributed by atoms with Crippen molar-refractivity contribution in [3.05, 3.63) is 34.9 Å². The van der Waals surface area contributed by atoms with Crippen LogP contribution in [0.2, 0.25) is 0 Å². The quantitative estimate of drug-likeness (QED) is 0.826. The number of nitrogens with one attached hydrogen (secondary N) is 1. The summed E-state index contributed by atoms with van der Waals surface area (Å²) < 4.78 is 28.3. The molecule has 3 heteroatoms. The second-order valence-electron chi connectivity index (χ2n) is 6.74. The summed E-state index contributed by atoms with van der Waals surface area (Å²) in [5.74, 6) is 1.38. The molecule has 1 aromatic rings. The maximum absolute atomic E-state index is 14.4. The SMILES string of the molecule is CCCNC(c1cc(F)c(C)cc1F)C1C2CCCCC21. The monoisotopic (exact) mass is 293 g/mol. The van der Waals surface area contributed by atoms with E-state index in [0.717, 1.165) is 24.8 Å². The fourth-order valence-corrected chi connectivity index (χ4v) is 4.20. The molecule has 0 saturated heterocycles. The first-order valence-corrected chi connectivity index (χ1v) is 8.32. The molecule has 1 nitrogen and oxygen atoms in total. The summed E-state index contributed by atoms with van der Waals surface area (Å²) in [5, 5.41) is 3.48. The van der Waals surface area contributed by atoms with Crippen molar-refractivity contribution in [1.29, 1.82) is 0 Å². The van der Waals surface area contributed by atoms with Crippen molar-refractivity contribution < 1.29 is 8.78 Å². The fraction of sp³-hybridized carbons (Fsp3) is 0.667. The molecule has 2 saturated carbocycles. The summed E-state index contributed by atoms with van der Waals surface area (Å²) in [7, 11) is 0. The van der Waals surface area contributed by atoms with Gasteiger partial charge in [-0.25, -0.2) is 8.78 Å². The van der Waals surface area contributed by atoms with Crippen LogP contribution in [0.25, 0.3) is 0 Å². The van der Waals surface area contributed by atoms with Crippen LogP contribution in [0, 0.1) is 36.3 Å². The summed E-state index contributed by atoms with van der Waals surface area (Å²) in [4.78, 5) is 0. The zero-order chi connectivity index (χ0) is 15.0. The standard InChI is InChI=1S/C18H25F2N/c1-3-8-21-18(17-12-6-4-5-7-13(12)17)14-10-15(19)11(2)9-16(14)20/h9-10,12-13,17-18,21H,3-8H2,1-2H3. The molecule has 0 radical (unpaired) electrons. The summed E-state index contributed by atoms with van der Waals surface area (Å²) in [5.41, 5.74) is 0.921. The van der Waals surface area contributed by atoms with E-state index < -0.39 is 0 Å². The third-order valence-electron chi connectivity index (χ3n) is 5.33. The molecule has 3 unspecified atom stereocenters. The van der Waals surface area contributed by atoms with Gasteiger partial charge in [-0.15, -0.1) is 0 Å². The van der Waals surface area contributed by atoms with Crippen LogP contribution in [-0.2, 0) is 0 Å². The molecule has 0 aromatic heterocycles. The molecule has 21 heavy (non-hydrogen) atoms. The molecular weight excluding hydrogens is 268 g/mol. The van der Waals surface area contributed by atoms with Crippen LogP contribution in [0.15, 0.2) is 12.1 Å². The largest absolute Gasteiger partial charge is 0.310 e. The zero-order valence-corrected chi connectivity index (χ0v) is 13.0. The van der Waals surface area contributed by atoms with Crippen LogP contribution in [0.3, 0.4) is 0 Å². The average Bonchev–Trinajstić information content (AvgIpc) is 3.19. The minimum absolute atomic E-state index is 0.0202. The van der Waals surface area contributed by atoms with Crippen molar-refractivity contribution in [2.75, 3.05) is 6.54 Å². The van der Waals surface area contributed by atoms with Crippen molar-refractivity contribution >= 4 is 0 Å². The Morgan fingerprint density at radius 2 is 1.81 bits per heavy atom. The Kier molecular flexibility index (Phi) is 4.30. The Morgan fingerprint density at radius 3 is 2.43 bits per heavy atom. The lowest BCUT2D eigenvalue weighted by Crippen LogP contribution is -2.26. The van der Waals surface area contributed by atoms with Crippen LogP contribution in [0.1, 0.15) is 56.2 Å². The first-order chi connectivity index (χ1) is 10.1. The van der Waals surface area contributed by atoms with Gasteiger partial charge in [0.15, 0.2) is 0 Å². The molecule has 0 amide bonds. The minimum Gasteiger partial charge on any atom is -0.310 e. The van der Waals surface area contributed by atoms with Gasteiger partial charge in [0, 0.05) is 11.6 Å². The predicted octanol–water partition coefficient (Wildman–Crippen LogP) is 4.75. The van der Waals surface area contributed by atoms with E-state index >= 15 is 0 Å². The molecule has 1 N–H and O–H groups in total. The van der Waals surface area contributed by atoms with E-state index in [-0.39, 0.29) is 17.7 Å². The van der Waals surface area contributed by atoms with Gasteiger partial charge in [0.2, 0.25) is 0 Å². The van der Waals surface area contributed by atoms with E-state index in [9.17, 15) is 8.78 Å². The van der Waals surface area contributed by atoms with Crippen LogP contribution >= 0.6 is 0 Å². The molecule has 2 fully saturated rings. The van der Waals surface area contributed by atoms with Crippen molar-refractivity contribution in [3.8, 4) is 0 Å². The average molecular weight is 293 g/mol. The normalized spacial score (nSPS) is 29.0. The number of aryl methyl sites for hydroxylation is 1. The Morgan fingerprint density at radius 1 is 1.14 bits per heavy atom. The van der Waals surface area contributed by atoms with Crippen molar-refractivity contribution in [2.45, 2.75) is 52.0 Å². The number of benzene rings is 1. The van der Waals surface area contributed by atoms with Crippen molar-refractivity contribution in [3.63, 3.8) is 0 Å². The molecule has 2 aliphatic carbocycles. The van der Waals surface area contributed by atoms with Gasteiger partial charge in [-0.1, -0.05) is 19.8 Å². The van der Waals surface area contributed by atoms with Crippen LogP contribution < -0.4 is 5.32 Å². The number of rotatable bonds is 5. The van der Waals surface area contributed by atoms with Gasteiger partial charge < -0.3 is 5.32 Å². The molecule has 3 rings (SSSR count). The Balaban J connectivity index is 1.87. The lowest BCUT2D eigenvalue weighted by Gasteiger charge is -2.21. The molecule has 0 heterocycles. The van der Waals surface area contributed by atoms with Crippen molar-refractivity contribution in [1.82, 2.24) is 5.32 Å².